The van der Waals surface area contributed by atoms with Crippen molar-refractivity contribution in [3.05, 3.63) is 35.9 Å². The van der Waals surface area contributed by atoms with E-state index in [0.717, 1.165) is 6.61 Å². The highest BCUT2D eigenvalue weighted by molar-refractivity contribution is 5.30. The predicted octanol–water partition coefficient (Wildman–Crippen LogP) is 2.97. The van der Waals surface area contributed by atoms with E-state index in [1.54, 1.807) is 0 Å². The van der Waals surface area contributed by atoms with Gasteiger partial charge in [0.15, 0.2) is 0 Å². The topological polar surface area (TPSA) is 9.23 Å². The molecule has 1 fully saturated rings. The van der Waals surface area contributed by atoms with Crippen LogP contribution in [0.1, 0.15) is 31.7 Å². The molecule has 1 saturated carbocycles. The van der Waals surface area contributed by atoms with E-state index in [0.29, 0.717) is 5.92 Å². The predicted molar refractivity (Wildman–Crippen MR) is 53.8 cm³/mol. The Hall–Kier alpha value is -0.820. The van der Waals surface area contributed by atoms with Crippen molar-refractivity contribution in [1.29, 1.82) is 0 Å². The molecule has 13 heavy (non-hydrogen) atoms. The lowest BCUT2D eigenvalue weighted by atomic mass is 10.1. The SMILES string of the molecule is CCOC1(C)CC1c1ccccc1. The van der Waals surface area contributed by atoms with E-state index < -0.39 is 0 Å². The Bertz CT molecular complexity index is 280. The average Bonchev–Trinajstić information content (AvgIpc) is 2.80. The molecule has 0 aromatic heterocycles. The summed E-state index contributed by atoms with van der Waals surface area (Å²) in [6.45, 7) is 5.08. The zero-order valence-electron chi connectivity index (χ0n) is 8.29. The molecule has 70 valence electrons. The van der Waals surface area contributed by atoms with Crippen molar-refractivity contribution in [2.45, 2.75) is 31.8 Å². The zero-order chi connectivity index (χ0) is 9.31. The van der Waals surface area contributed by atoms with Gasteiger partial charge in [-0.3, -0.25) is 0 Å². The molecule has 0 spiro atoms. The molecular formula is C12H16O. The second-order valence-electron chi connectivity index (χ2n) is 3.91. The molecule has 1 nitrogen and oxygen atoms in total. The van der Waals surface area contributed by atoms with Crippen molar-refractivity contribution in [3.8, 4) is 0 Å². The third-order valence-corrected chi connectivity index (χ3v) is 2.86. The summed E-state index contributed by atoms with van der Waals surface area (Å²) in [6, 6.07) is 10.6. The van der Waals surface area contributed by atoms with Crippen LogP contribution in [-0.4, -0.2) is 12.2 Å². The minimum Gasteiger partial charge on any atom is -0.375 e. The molecule has 1 aromatic carbocycles. The quantitative estimate of drug-likeness (QED) is 0.688. The van der Waals surface area contributed by atoms with Crippen LogP contribution in [-0.2, 0) is 4.74 Å². The number of hydrogen-bond acceptors (Lipinski definition) is 1. The summed E-state index contributed by atoms with van der Waals surface area (Å²) in [6.07, 6.45) is 1.17. The second kappa shape index (κ2) is 3.15. The van der Waals surface area contributed by atoms with Crippen LogP contribution in [0.3, 0.4) is 0 Å². The van der Waals surface area contributed by atoms with E-state index in [1.165, 1.54) is 12.0 Å². The fourth-order valence-corrected chi connectivity index (χ4v) is 1.99. The Morgan fingerprint density at radius 3 is 2.69 bits per heavy atom. The molecule has 1 aromatic rings. The fraction of sp³-hybridized carbons (Fsp3) is 0.500. The van der Waals surface area contributed by atoms with Crippen LogP contribution in [0.2, 0.25) is 0 Å². The largest absolute Gasteiger partial charge is 0.375 e. The van der Waals surface area contributed by atoms with Crippen LogP contribution in [0.4, 0.5) is 0 Å². The van der Waals surface area contributed by atoms with Crippen molar-refractivity contribution in [3.63, 3.8) is 0 Å². The summed E-state index contributed by atoms with van der Waals surface area (Å²) in [7, 11) is 0. The second-order valence-corrected chi connectivity index (χ2v) is 3.91. The van der Waals surface area contributed by atoms with Gasteiger partial charge in [-0.25, -0.2) is 0 Å². The molecule has 2 rings (SSSR count). The van der Waals surface area contributed by atoms with Gasteiger partial charge in [-0.15, -0.1) is 0 Å². The monoisotopic (exact) mass is 176 g/mol. The lowest BCUT2D eigenvalue weighted by molar-refractivity contribution is 0.0513. The lowest BCUT2D eigenvalue weighted by Crippen LogP contribution is -2.11. The highest BCUT2D eigenvalue weighted by Crippen LogP contribution is 2.53. The molecule has 0 aliphatic heterocycles. The van der Waals surface area contributed by atoms with Gasteiger partial charge in [0.05, 0.1) is 5.60 Å². The maximum absolute atomic E-state index is 5.71. The Kier molecular flexibility index (Phi) is 2.12. The van der Waals surface area contributed by atoms with E-state index in [1.807, 2.05) is 0 Å². The van der Waals surface area contributed by atoms with E-state index in [2.05, 4.69) is 44.2 Å². The highest BCUT2D eigenvalue weighted by Gasteiger charge is 2.51. The van der Waals surface area contributed by atoms with Gasteiger partial charge in [0.25, 0.3) is 0 Å². The van der Waals surface area contributed by atoms with Crippen molar-refractivity contribution < 1.29 is 4.74 Å². The molecule has 0 radical (unpaired) electrons. The Labute approximate surface area is 79.7 Å². The van der Waals surface area contributed by atoms with E-state index >= 15 is 0 Å². The van der Waals surface area contributed by atoms with Gasteiger partial charge in [0, 0.05) is 12.5 Å². The maximum atomic E-state index is 5.71. The van der Waals surface area contributed by atoms with Crippen LogP contribution in [0, 0.1) is 0 Å². The summed E-state index contributed by atoms with van der Waals surface area (Å²) < 4.78 is 5.71. The number of ether oxygens (including phenoxy) is 1. The van der Waals surface area contributed by atoms with Crippen LogP contribution in [0.5, 0.6) is 0 Å². The van der Waals surface area contributed by atoms with Crippen LogP contribution in [0.25, 0.3) is 0 Å². The Balaban J connectivity index is 2.07. The normalized spacial score (nSPS) is 31.7. The van der Waals surface area contributed by atoms with Crippen LogP contribution >= 0.6 is 0 Å². The molecule has 1 heteroatoms. The molecule has 2 atom stereocenters. The first-order valence-corrected chi connectivity index (χ1v) is 4.95. The molecule has 0 heterocycles. The molecule has 1 aliphatic rings. The van der Waals surface area contributed by atoms with Crippen molar-refractivity contribution in [2.24, 2.45) is 0 Å². The third kappa shape index (κ3) is 1.61. The van der Waals surface area contributed by atoms with Gasteiger partial charge in [-0.2, -0.15) is 0 Å². The first-order chi connectivity index (χ1) is 6.26. The molecule has 0 amide bonds. The fourth-order valence-electron chi connectivity index (χ4n) is 1.99. The van der Waals surface area contributed by atoms with E-state index in [9.17, 15) is 0 Å². The summed E-state index contributed by atoms with van der Waals surface area (Å²) >= 11 is 0. The van der Waals surface area contributed by atoms with Gasteiger partial charge in [-0.05, 0) is 25.8 Å². The van der Waals surface area contributed by atoms with E-state index in [4.69, 9.17) is 4.74 Å². The Morgan fingerprint density at radius 2 is 2.08 bits per heavy atom. The van der Waals surface area contributed by atoms with Crippen LogP contribution in [0.15, 0.2) is 30.3 Å². The minimum absolute atomic E-state index is 0.121. The van der Waals surface area contributed by atoms with Gasteiger partial charge in [0.2, 0.25) is 0 Å². The number of hydrogen-bond donors (Lipinski definition) is 0. The van der Waals surface area contributed by atoms with Crippen molar-refractivity contribution in [1.82, 2.24) is 0 Å². The minimum atomic E-state index is 0.121. The summed E-state index contributed by atoms with van der Waals surface area (Å²) in [4.78, 5) is 0. The summed E-state index contributed by atoms with van der Waals surface area (Å²) in [5, 5.41) is 0. The van der Waals surface area contributed by atoms with Gasteiger partial charge < -0.3 is 4.74 Å². The van der Waals surface area contributed by atoms with Gasteiger partial charge in [-0.1, -0.05) is 30.3 Å². The molecular weight excluding hydrogens is 160 g/mol. The van der Waals surface area contributed by atoms with Gasteiger partial charge in [0.1, 0.15) is 0 Å². The third-order valence-electron chi connectivity index (χ3n) is 2.86. The average molecular weight is 176 g/mol. The summed E-state index contributed by atoms with van der Waals surface area (Å²) in [5.74, 6) is 0.619. The van der Waals surface area contributed by atoms with Crippen LogP contribution < -0.4 is 0 Å². The lowest BCUT2D eigenvalue weighted by Gasteiger charge is -2.10. The first kappa shape index (κ1) is 8.76. The van der Waals surface area contributed by atoms with Gasteiger partial charge >= 0.3 is 0 Å². The van der Waals surface area contributed by atoms with Crippen molar-refractivity contribution >= 4 is 0 Å². The Morgan fingerprint density at radius 1 is 1.38 bits per heavy atom. The molecule has 2 unspecified atom stereocenters. The summed E-state index contributed by atoms with van der Waals surface area (Å²) in [5.41, 5.74) is 1.54. The van der Waals surface area contributed by atoms with Crippen molar-refractivity contribution in [2.75, 3.05) is 6.61 Å². The number of rotatable bonds is 3. The molecule has 0 N–H and O–H groups in total. The smallest absolute Gasteiger partial charge is 0.0730 e. The molecule has 0 saturated heterocycles. The standard InChI is InChI=1S/C12H16O/c1-3-13-12(2)9-11(12)10-7-5-4-6-8-10/h4-8,11H,3,9H2,1-2H3. The number of benzene rings is 1. The molecule has 1 aliphatic carbocycles. The zero-order valence-corrected chi connectivity index (χ0v) is 8.29. The highest BCUT2D eigenvalue weighted by atomic mass is 16.5. The van der Waals surface area contributed by atoms with E-state index in [-0.39, 0.29) is 5.60 Å². The molecule has 0 bridgehead atoms. The first-order valence-electron chi connectivity index (χ1n) is 4.95. The maximum Gasteiger partial charge on any atom is 0.0730 e.